The van der Waals surface area contributed by atoms with Gasteiger partial charge in [-0.1, -0.05) is 29.8 Å². The lowest BCUT2D eigenvalue weighted by Gasteiger charge is -2.12. The van der Waals surface area contributed by atoms with Crippen molar-refractivity contribution in [2.75, 3.05) is 10.0 Å². The average Bonchev–Trinajstić information content (AvgIpc) is 2.69. The highest BCUT2D eigenvalue weighted by Gasteiger charge is 2.18. The number of rotatable bonds is 6. The van der Waals surface area contributed by atoms with Crippen LogP contribution in [0, 0.1) is 0 Å². The summed E-state index contributed by atoms with van der Waals surface area (Å²) in [6.07, 6.45) is 0. The molecule has 4 N–H and O–H groups in total. The Labute approximate surface area is 172 Å². The number of aromatic hydroxyl groups is 1. The van der Waals surface area contributed by atoms with Crippen molar-refractivity contribution in [1.29, 1.82) is 0 Å². The summed E-state index contributed by atoms with van der Waals surface area (Å²) in [6, 6.07) is 16.0. The number of anilines is 2. The van der Waals surface area contributed by atoms with E-state index in [1.54, 1.807) is 30.3 Å². The molecule has 29 heavy (non-hydrogen) atoms. The van der Waals surface area contributed by atoms with Crippen LogP contribution in [-0.2, 0) is 16.6 Å². The van der Waals surface area contributed by atoms with Crippen molar-refractivity contribution in [3.8, 4) is 5.75 Å². The fourth-order valence-corrected chi connectivity index (χ4v) is 3.82. The molecule has 3 rings (SSSR count). The molecule has 0 unspecified atom stereocenters. The Morgan fingerprint density at radius 3 is 2.48 bits per heavy atom. The first-order valence-electron chi connectivity index (χ1n) is 8.41. The lowest BCUT2D eigenvalue weighted by molar-refractivity contribution is 0.102. The molecule has 0 saturated carbocycles. The maximum absolute atomic E-state index is 12.6. The summed E-state index contributed by atoms with van der Waals surface area (Å²) in [6.45, 7) is -0.227. The highest BCUT2D eigenvalue weighted by molar-refractivity contribution is 7.92. The third-order valence-electron chi connectivity index (χ3n) is 3.98. The summed E-state index contributed by atoms with van der Waals surface area (Å²) in [4.78, 5) is 12.3. The van der Waals surface area contributed by atoms with E-state index in [-0.39, 0.29) is 34.2 Å². The minimum Gasteiger partial charge on any atom is -0.506 e. The van der Waals surface area contributed by atoms with Gasteiger partial charge in [-0.15, -0.1) is 0 Å². The maximum Gasteiger partial charge on any atom is 0.261 e. The molecule has 0 saturated heterocycles. The van der Waals surface area contributed by atoms with Gasteiger partial charge in [0, 0.05) is 10.6 Å². The molecule has 0 bridgehead atoms. The highest BCUT2D eigenvalue weighted by atomic mass is 35.5. The second-order valence-electron chi connectivity index (χ2n) is 6.11. The molecule has 150 valence electrons. The van der Waals surface area contributed by atoms with Gasteiger partial charge >= 0.3 is 0 Å². The number of aliphatic hydroxyl groups excluding tert-OH is 1. The summed E-state index contributed by atoms with van der Waals surface area (Å²) in [5.74, 6) is -0.855. The number of phenolic OH excluding ortho intramolecular Hbond substituents is 1. The number of carbonyl (C=O) groups excluding carboxylic acids is 1. The first-order valence-corrected chi connectivity index (χ1v) is 10.3. The van der Waals surface area contributed by atoms with Gasteiger partial charge in [0.05, 0.1) is 22.9 Å². The standard InChI is InChI=1S/C20H17ClN2O5S/c21-15-5-2-6-16(10-15)23-29(27,28)17-7-8-19(25)18(11-17)22-20(26)14-4-1-3-13(9-14)12-24/h1-11,23-25H,12H2,(H,22,26). The predicted molar refractivity (Wildman–Crippen MR) is 111 cm³/mol. The van der Waals surface area contributed by atoms with E-state index in [2.05, 4.69) is 10.0 Å². The molecule has 0 aliphatic carbocycles. The third-order valence-corrected chi connectivity index (χ3v) is 5.59. The molecule has 0 fully saturated rings. The molecule has 0 aliphatic heterocycles. The number of carbonyl (C=O) groups is 1. The molecule has 1 amide bonds. The van der Waals surface area contributed by atoms with Crippen molar-refractivity contribution < 1.29 is 23.4 Å². The van der Waals surface area contributed by atoms with E-state index in [0.717, 1.165) is 6.07 Å². The van der Waals surface area contributed by atoms with Crippen LogP contribution in [-0.4, -0.2) is 24.5 Å². The van der Waals surface area contributed by atoms with Gasteiger partial charge in [0.1, 0.15) is 5.75 Å². The summed E-state index contributed by atoms with van der Waals surface area (Å²) >= 11 is 5.87. The smallest absolute Gasteiger partial charge is 0.261 e. The molecule has 0 radical (unpaired) electrons. The molecule has 0 aromatic heterocycles. The second kappa shape index (κ2) is 8.52. The maximum atomic E-state index is 12.6. The van der Waals surface area contributed by atoms with E-state index < -0.39 is 15.9 Å². The quantitative estimate of drug-likeness (QED) is 0.444. The van der Waals surface area contributed by atoms with Crippen LogP contribution in [0.25, 0.3) is 0 Å². The van der Waals surface area contributed by atoms with E-state index in [0.29, 0.717) is 10.6 Å². The molecular weight excluding hydrogens is 416 g/mol. The Kier molecular flexibility index (Phi) is 6.07. The van der Waals surface area contributed by atoms with Crippen molar-refractivity contribution >= 4 is 38.9 Å². The molecule has 0 heterocycles. The van der Waals surface area contributed by atoms with Crippen LogP contribution in [0.3, 0.4) is 0 Å². The van der Waals surface area contributed by atoms with Gasteiger partial charge in [-0.05, 0) is 54.1 Å². The first-order chi connectivity index (χ1) is 13.8. The lowest BCUT2D eigenvalue weighted by atomic mass is 10.1. The average molecular weight is 433 g/mol. The minimum absolute atomic E-state index is 0.0710. The SMILES string of the molecule is O=C(Nc1cc(S(=O)(=O)Nc2cccc(Cl)c2)ccc1O)c1cccc(CO)c1. The zero-order chi connectivity index (χ0) is 21.0. The predicted octanol–water partition coefficient (Wildman–Crippen LogP) is 3.59. The lowest BCUT2D eigenvalue weighted by Crippen LogP contribution is -2.15. The van der Waals surface area contributed by atoms with Crippen LogP contribution in [0.2, 0.25) is 5.02 Å². The highest BCUT2D eigenvalue weighted by Crippen LogP contribution is 2.28. The second-order valence-corrected chi connectivity index (χ2v) is 8.23. The molecular formula is C20H17ClN2O5S. The summed E-state index contributed by atoms with van der Waals surface area (Å²) in [5.41, 5.74) is 1.00. The Morgan fingerprint density at radius 2 is 1.76 bits per heavy atom. The normalized spacial score (nSPS) is 11.1. The largest absolute Gasteiger partial charge is 0.506 e. The number of sulfonamides is 1. The van der Waals surface area contributed by atoms with E-state index in [4.69, 9.17) is 11.6 Å². The first kappa shape index (κ1) is 20.7. The molecule has 3 aromatic carbocycles. The Hall–Kier alpha value is -3.07. The minimum atomic E-state index is -3.98. The van der Waals surface area contributed by atoms with Crippen LogP contribution >= 0.6 is 11.6 Å². The molecule has 0 spiro atoms. The van der Waals surface area contributed by atoms with Crippen molar-refractivity contribution in [2.24, 2.45) is 0 Å². The van der Waals surface area contributed by atoms with E-state index in [9.17, 15) is 23.4 Å². The van der Waals surface area contributed by atoms with Gasteiger partial charge in [0.2, 0.25) is 0 Å². The Balaban J connectivity index is 1.86. The van der Waals surface area contributed by atoms with Crippen LogP contribution < -0.4 is 10.0 Å². The van der Waals surface area contributed by atoms with Crippen LogP contribution in [0.4, 0.5) is 11.4 Å². The van der Waals surface area contributed by atoms with Gasteiger partial charge in [-0.2, -0.15) is 0 Å². The molecule has 0 aliphatic rings. The topological polar surface area (TPSA) is 116 Å². The van der Waals surface area contributed by atoms with E-state index in [1.807, 2.05) is 0 Å². The van der Waals surface area contributed by atoms with Gasteiger partial charge in [0.25, 0.3) is 15.9 Å². The zero-order valence-corrected chi connectivity index (χ0v) is 16.5. The van der Waals surface area contributed by atoms with Crippen molar-refractivity contribution in [2.45, 2.75) is 11.5 Å². The number of phenols is 1. The van der Waals surface area contributed by atoms with Crippen LogP contribution in [0.5, 0.6) is 5.75 Å². The fraction of sp³-hybridized carbons (Fsp3) is 0.0500. The van der Waals surface area contributed by atoms with Gasteiger partial charge in [0.15, 0.2) is 0 Å². The number of aliphatic hydroxyl groups is 1. The number of halogens is 1. The monoisotopic (exact) mass is 432 g/mol. The third kappa shape index (κ3) is 5.05. The number of nitrogens with one attached hydrogen (secondary N) is 2. The molecule has 0 atom stereocenters. The van der Waals surface area contributed by atoms with E-state index in [1.165, 1.54) is 30.3 Å². The molecule has 9 heteroatoms. The Morgan fingerprint density at radius 1 is 1.00 bits per heavy atom. The van der Waals surface area contributed by atoms with Crippen molar-refractivity contribution in [3.05, 3.63) is 82.9 Å². The van der Waals surface area contributed by atoms with E-state index >= 15 is 0 Å². The number of hydrogen-bond donors (Lipinski definition) is 4. The number of hydrogen-bond acceptors (Lipinski definition) is 5. The number of benzene rings is 3. The van der Waals surface area contributed by atoms with Gasteiger partial charge in [-0.25, -0.2) is 8.42 Å². The van der Waals surface area contributed by atoms with Crippen LogP contribution in [0.1, 0.15) is 15.9 Å². The number of amides is 1. The van der Waals surface area contributed by atoms with Crippen LogP contribution in [0.15, 0.2) is 71.6 Å². The summed E-state index contributed by atoms with van der Waals surface area (Å²) < 4.78 is 27.7. The van der Waals surface area contributed by atoms with Gasteiger partial charge < -0.3 is 15.5 Å². The molecule has 3 aromatic rings. The Bertz CT molecular complexity index is 1170. The summed E-state index contributed by atoms with van der Waals surface area (Å²) in [7, 11) is -3.98. The van der Waals surface area contributed by atoms with Gasteiger partial charge in [-0.3, -0.25) is 9.52 Å². The van der Waals surface area contributed by atoms with Crippen molar-refractivity contribution in [1.82, 2.24) is 0 Å². The molecule has 7 nitrogen and oxygen atoms in total. The summed E-state index contributed by atoms with van der Waals surface area (Å²) in [5, 5.41) is 22.1. The van der Waals surface area contributed by atoms with Crippen molar-refractivity contribution in [3.63, 3.8) is 0 Å². The fourth-order valence-electron chi connectivity index (χ4n) is 2.55. The zero-order valence-electron chi connectivity index (χ0n) is 15.0.